The number of ether oxygens (including phenoxy) is 4. The molecule has 56 heavy (non-hydrogen) atoms. The number of para-hydroxylation sites is 2. The van der Waals surface area contributed by atoms with Gasteiger partial charge in [-0.15, -0.1) is 0 Å². The molecule has 6 aromatic rings. The molecule has 0 amide bonds. The molecule has 2 aromatic heterocycles. The van der Waals surface area contributed by atoms with Crippen LogP contribution in [0.15, 0.2) is 115 Å². The summed E-state index contributed by atoms with van der Waals surface area (Å²) in [5.41, 5.74) is -0.201. The molecule has 0 aliphatic rings. The number of aliphatic hydroxyl groups excluding tert-OH is 1. The van der Waals surface area contributed by atoms with Gasteiger partial charge in [-0.2, -0.15) is 12.6 Å². The maximum Gasteiger partial charge on any atom is 0.344 e. The number of benzene rings is 4. The van der Waals surface area contributed by atoms with Gasteiger partial charge in [-0.1, -0.05) is 50.2 Å². The van der Waals surface area contributed by atoms with Crippen molar-refractivity contribution >= 4 is 34.6 Å². The molecule has 0 aliphatic carbocycles. The quantitative estimate of drug-likeness (QED) is 0.0823. The van der Waals surface area contributed by atoms with Gasteiger partial charge >= 0.3 is 11.3 Å². The van der Waals surface area contributed by atoms with Crippen LogP contribution in [0.4, 0.5) is 0 Å². The molecule has 2 unspecified atom stereocenters. The van der Waals surface area contributed by atoms with Crippen LogP contribution in [0.3, 0.4) is 0 Å². The van der Waals surface area contributed by atoms with Gasteiger partial charge in [0.2, 0.25) is 0 Å². The summed E-state index contributed by atoms with van der Waals surface area (Å²) >= 11 is 5.02. The van der Waals surface area contributed by atoms with Crippen LogP contribution < -0.4 is 30.2 Å². The average molecular weight is 779 g/mol. The molecule has 4 aromatic carbocycles. The van der Waals surface area contributed by atoms with Gasteiger partial charge in [0.05, 0.1) is 31.5 Å². The summed E-state index contributed by atoms with van der Waals surface area (Å²) < 4.78 is 34.5. The topological polar surface area (TPSA) is 118 Å². The van der Waals surface area contributed by atoms with E-state index in [1.807, 2.05) is 109 Å². The largest absolute Gasteiger partial charge is 0.496 e. The molecule has 0 bridgehead atoms. The lowest BCUT2D eigenvalue weighted by molar-refractivity contribution is -0.0435. The minimum atomic E-state index is -0.887. The van der Waals surface area contributed by atoms with Crippen LogP contribution >= 0.6 is 12.6 Å². The minimum Gasteiger partial charge on any atom is -0.496 e. The van der Waals surface area contributed by atoms with Crippen molar-refractivity contribution in [3.05, 3.63) is 118 Å². The van der Waals surface area contributed by atoms with Gasteiger partial charge in [-0.05, 0) is 95.0 Å². The molecular formula is C46H50O9S. The number of hydrogen-bond acceptors (Lipinski definition) is 10. The second kappa shape index (κ2) is 15.4. The Morgan fingerprint density at radius 1 is 0.589 bits per heavy atom. The molecule has 0 radical (unpaired) electrons. The minimum absolute atomic E-state index is 0.379. The first-order valence-corrected chi connectivity index (χ1v) is 19.0. The SMILES string of the molecule is COc1ccccc1-c1cc2ccc(OC(C)(C)CC(C)(C)C(O)C(C)(S)CC(C)(C)Oc3ccc4cc(-c5ccccc5OC)c(=O)oc4c3)cc2oc1=O. The van der Waals surface area contributed by atoms with Crippen molar-refractivity contribution in [2.75, 3.05) is 14.2 Å². The molecule has 0 saturated carbocycles. The van der Waals surface area contributed by atoms with Crippen molar-refractivity contribution in [3.8, 4) is 45.3 Å². The molecular weight excluding hydrogens is 729 g/mol. The molecule has 0 spiro atoms. The number of thiol groups is 1. The van der Waals surface area contributed by atoms with E-state index in [-0.39, 0.29) is 0 Å². The Bertz CT molecular complexity index is 2320. The van der Waals surface area contributed by atoms with E-state index in [0.717, 1.165) is 10.8 Å². The summed E-state index contributed by atoms with van der Waals surface area (Å²) in [7, 11) is 3.13. The Morgan fingerprint density at radius 2 is 1.00 bits per heavy atom. The van der Waals surface area contributed by atoms with Gasteiger partial charge in [-0.25, -0.2) is 9.59 Å². The van der Waals surface area contributed by atoms with E-state index in [0.29, 0.717) is 69.3 Å². The van der Waals surface area contributed by atoms with Gasteiger partial charge in [0, 0.05) is 45.2 Å². The van der Waals surface area contributed by atoms with Crippen molar-refractivity contribution in [2.45, 2.75) is 83.4 Å². The van der Waals surface area contributed by atoms with Crippen molar-refractivity contribution in [2.24, 2.45) is 5.41 Å². The fourth-order valence-electron chi connectivity index (χ4n) is 8.12. The summed E-state index contributed by atoms with van der Waals surface area (Å²) in [6.07, 6.45) is -0.0341. The van der Waals surface area contributed by atoms with Gasteiger partial charge in [0.1, 0.15) is 45.4 Å². The molecule has 2 heterocycles. The summed E-state index contributed by atoms with van der Waals surface area (Å²) in [6.45, 7) is 13.7. The third-order valence-corrected chi connectivity index (χ3v) is 10.4. The highest BCUT2D eigenvalue weighted by atomic mass is 32.1. The van der Waals surface area contributed by atoms with E-state index in [1.54, 1.807) is 50.6 Å². The van der Waals surface area contributed by atoms with E-state index < -0.39 is 38.7 Å². The van der Waals surface area contributed by atoms with Crippen LogP contribution in [-0.4, -0.2) is 41.4 Å². The Balaban J connectivity index is 1.13. The average Bonchev–Trinajstić information content (AvgIpc) is 3.12. The van der Waals surface area contributed by atoms with Crippen molar-refractivity contribution in [3.63, 3.8) is 0 Å². The maximum absolute atomic E-state index is 13.1. The molecule has 9 nitrogen and oxygen atoms in total. The molecule has 0 fully saturated rings. The first kappa shape index (κ1) is 40.5. The Hall–Kier alpha value is -5.19. The fraction of sp³-hybridized carbons (Fsp3) is 0.348. The monoisotopic (exact) mass is 778 g/mol. The van der Waals surface area contributed by atoms with E-state index in [4.69, 9.17) is 40.4 Å². The summed E-state index contributed by atoms with van der Waals surface area (Å²) in [4.78, 5) is 26.1. The molecule has 6 rings (SSSR count). The normalized spacial score (nSPS) is 14.0. The zero-order valence-corrected chi connectivity index (χ0v) is 34.3. The first-order chi connectivity index (χ1) is 26.3. The lowest BCUT2D eigenvalue weighted by atomic mass is 9.71. The molecule has 10 heteroatoms. The zero-order valence-electron chi connectivity index (χ0n) is 33.4. The number of rotatable bonds is 14. The summed E-state index contributed by atoms with van der Waals surface area (Å²) in [5.74, 6) is 2.22. The van der Waals surface area contributed by atoms with Crippen LogP contribution in [0.2, 0.25) is 0 Å². The maximum atomic E-state index is 13.1. The van der Waals surface area contributed by atoms with Crippen LogP contribution in [-0.2, 0) is 0 Å². The zero-order chi connectivity index (χ0) is 40.6. The van der Waals surface area contributed by atoms with E-state index in [9.17, 15) is 14.7 Å². The first-order valence-electron chi connectivity index (χ1n) is 18.5. The number of aliphatic hydroxyl groups is 1. The predicted octanol–water partition coefficient (Wildman–Crippen LogP) is 10.1. The Kier molecular flexibility index (Phi) is 11.1. The van der Waals surface area contributed by atoms with Gasteiger partial charge < -0.3 is 32.9 Å². The highest BCUT2D eigenvalue weighted by Gasteiger charge is 2.46. The van der Waals surface area contributed by atoms with Crippen molar-refractivity contribution in [1.82, 2.24) is 0 Å². The lowest BCUT2D eigenvalue weighted by Crippen LogP contribution is -2.51. The standard InChI is InChI=1S/C46H50O9S/c1-43(2,26-44(3,4)54-30-20-18-28-22-34(40(47)52-38(28)24-30)32-14-10-12-16-36(32)50-8)42(49)46(7,56)27-45(5,6)55-31-21-19-29-23-35(41(48)53-39(29)25-31)33-15-11-13-17-37(33)51-9/h10-25,42,49,56H,26-27H2,1-9H3. The van der Waals surface area contributed by atoms with Gasteiger partial charge in [0.15, 0.2) is 0 Å². The summed E-state index contributed by atoms with van der Waals surface area (Å²) in [6, 6.07) is 29.0. The van der Waals surface area contributed by atoms with Crippen LogP contribution in [0.5, 0.6) is 23.0 Å². The molecule has 2 atom stereocenters. The molecule has 1 N–H and O–H groups in total. The van der Waals surface area contributed by atoms with E-state index in [2.05, 4.69) is 0 Å². The van der Waals surface area contributed by atoms with E-state index in [1.165, 1.54) is 0 Å². The number of methoxy groups -OCH3 is 2. The molecule has 0 saturated heterocycles. The van der Waals surface area contributed by atoms with E-state index >= 15 is 0 Å². The predicted molar refractivity (Wildman–Crippen MR) is 225 cm³/mol. The van der Waals surface area contributed by atoms with Crippen LogP contribution in [0, 0.1) is 5.41 Å². The second-order valence-corrected chi connectivity index (χ2v) is 17.5. The Morgan fingerprint density at radius 3 is 1.43 bits per heavy atom. The van der Waals surface area contributed by atoms with Crippen LogP contribution in [0.25, 0.3) is 44.2 Å². The van der Waals surface area contributed by atoms with Gasteiger partial charge in [-0.3, -0.25) is 0 Å². The molecule has 294 valence electrons. The highest BCUT2D eigenvalue weighted by molar-refractivity contribution is 7.81. The van der Waals surface area contributed by atoms with Crippen molar-refractivity contribution in [1.29, 1.82) is 0 Å². The molecule has 0 aliphatic heterocycles. The smallest absolute Gasteiger partial charge is 0.344 e. The number of fused-ring (bicyclic) bond motifs is 2. The Labute approximate surface area is 332 Å². The van der Waals surface area contributed by atoms with Gasteiger partial charge in [0.25, 0.3) is 0 Å². The second-order valence-electron chi connectivity index (χ2n) is 16.5. The summed E-state index contributed by atoms with van der Waals surface area (Å²) in [5, 5.41) is 13.4. The van der Waals surface area contributed by atoms with Crippen LogP contribution in [0.1, 0.15) is 61.3 Å². The third-order valence-electron chi connectivity index (χ3n) is 9.99. The third kappa shape index (κ3) is 8.77. The van der Waals surface area contributed by atoms with Crippen molar-refractivity contribution < 1.29 is 32.9 Å². The highest BCUT2D eigenvalue weighted by Crippen LogP contribution is 2.44. The number of hydrogen-bond donors (Lipinski definition) is 2. The lowest BCUT2D eigenvalue weighted by Gasteiger charge is -2.46. The fourth-order valence-corrected chi connectivity index (χ4v) is 8.85.